The van der Waals surface area contributed by atoms with E-state index in [2.05, 4.69) is 29.2 Å². The maximum atomic E-state index is 11.9. The molecule has 2 aliphatic rings. The van der Waals surface area contributed by atoms with E-state index in [9.17, 15) is 9.90 Å². The van der Waals surface area contributed by atoms with Crippen LogP contribution < -0.4 is 10.5 Å². The molecule has 41 heavy (non-hydrogen) atoms. The van der Waals surface area contributed by atoms with Crippen molar-refractivity contribution < 1.29 is 14.6 Å². The maximum Gasteiger partial charge on any atom is 0.248 e. The van der Waals surface area contributed by atoms with Crippen molar-refractivity contribution in [3.63, 3.8) is 0 Å². The first-order valence-corrected chi connectivity index (χ1v) is 14.3. The van der Waals surface area contributed by atoms with Crippen molar-refractivity contribution in [1.82, 2.24) is 24.5 Å². The van der Waals surface area contributed by atoms with Gasteiger partial charge in [0.25, 0.3) is 0 Å². The lowest BCUT2D eigenvalue weighted by atomic mass is 9.90. The minimum atomic E-state index is -0.482. The fraction of sp³-hybridized carbons (Fsp3) is 0.375. The molecular formula is C32H34N6O3. The fourth-order valence-electron chi connectivity index (χ4n) is 5.91. The number of pyridine rings is 1. The number of aliphatic hydroxyl groups is 1. The Hall–Kier alpha value is -4.42. The summed E-state index contributed by atoms with van der Waals surface area (Å²) in [4.78, 5) is 23.4. The normalized spacial score (nSPS) is 16.2. The number of carbonyl (C=O) groups is 1. The average Bonchev–Trinajstić information content (AvgIpc) is 3.49. The van der Waals surface area contributed by atoms with E-state index >= 15 is 0 Å². The van der Waals surface area contributed by atoms with Crippen LogP contribution in [0, 0.1) is 12.3 Å². The molecule has 2 aliphatic heterocycles. The Bertz CT molecular complexity index is 1610. The second-order valence-electron chi connectivity index (χ2n) is 10.8. The first kappa shape index (κ1) is 26.8. The molecule has 6 rings (SSSR count). The Balaban J connectivity index is 1.30. The molecule has 5 heterocycles. The Kier molecular flexibility index (Phi) is 7.57. The van der Waals surface area contributed by atoms with E-state index in [0.29, 0.717) is 43.0 Å². The summed E-state index contributed by atoms with van der Waals surface area (Å²) >= 11 is 0. The van der Waals surface area contributed by atoms with Crippen LogP contribution in [0.4, 0.5) is 5.82 Å². The molecule has 9 nitrogen and oxygen atoms in total. The van der Waals surface area contributed by atoms with Gasteiger partial charge in [-0.1, -0.05) is 37.0 Å². The average molecular weight is 551 g/mol. The zero-order chi connectivity index (χ0) is 28.3. The third-order valence-corrected chi connectivity index (χ3v) is 8.26. The molecule has 1 fully saturated rings. The Morgan fingerprint density at radius 1 is 1.10 bits per heavy atom. The van der Waals surface area contributed by atoms with Gasteiger partial charge in [-0.2, -0.15) is 9.61 Å². The number of aliphatic hydroxyl groups excluding tert-OH is 1. The number of aryl methyl sites for hydroxylation is 1. The molecule has 1 aromatic carbocycles. The van der Waals surface area contributed by atoms with Gasteiger partial charge < -0.3 is 20.5 Å². The number of carbonyl (C=O) groups excluding carboxylic acids is 1. The summed E-state index contributed by atoms with van der Waals surface area (Å²) < 4.78 is 7.70. The molecule has 1 amide bonds. The van der Waals surface area contributed by atoms with Crippen LogP contribution in [-0.4, -0.2) is 61.8 Å². The Morgan fingerprint density at radius 2 is 1.90 bits per heavy atom. The van der Waals surface area contributed by atoms with Gasteiger partial charge in [0.1, 0.15) is 18.2 Å². The number of fused-ring (bicyclic) bond motifs is 2. The summed E-state index contributed by atoms with van der Waals surface area (Å²) in [6.07, 6.45) is 16.6. The number of amides is 1. The highest BCUT2D eigenvalue weighted by Gasteiger charge is 2.28. The number of terminal acetylenes is 1. The summed E-state index contributed by atoms with van der Waals surface area (Å²) in [5.41, 5.74) is 13.2. The van der Waals surface area contributed by atoms with Crippen molar-refractivity contribution in [3.8, 4) is 40.5 Å². The summed E-state index contributed by atoms with van der Waals surface area (Å²) in [5, 5.41) is 13.7. The van der Waals surface area contributed by atoms with E-state index in [0.717, 1.165) is 53.3 Å². The summed E-state index contributed by atoms with van der Waals surface area (Å²) in [6.45, 7) is 1.33. The molecule has 1 saturated heterocycles. The minimum Gasteiger partial charge on any atom is -0.493 e. The highest BCUT2D eigenvalue weighted by Crippen LogP contribution is 2.35. The van der Waals surface area contributed by atoms with Crippen LogP contribution in [-0.2, 0) is 11.2 Å². The van der Waals surface area contributed by atoms with Crippen molar-refractivity contribution in [2.45, 2.75) is 50.9 Å². The van der Waals surface area contributed by atoms with Gasteiger partial charge in [0.15, 0.2) is 5.65 Å². The predicted octanol–water partition coefficient (Wildman–Crippen LogP) is 4.22. The van der Waals surface area contributed by atoms with Crippen LogP contribution >= 0.6 is 0 Å². The lowest BCUT2D eigenvalue weighted by molar-refractivity contribution is -0.135. The topological polar surface area (TPSA) is 119 Å². The lowest BCUT2D eigenvalue weighted by Gasteiger charge is -2.32. The van der Waals surface area contributed by atoms with Crippen molar-refractivity contribution in [2.24, 2.45) is 0 Å². The van der Waals surface area contributed by atoms with E-state index in [4.69, 9.17) is 26.9 Å². The molecule has 0 saturated carbocycles. The molecular weight excluding hydrogens is 516 g/mol. The molecule has 210 valence electrons. The second kappa shape index (κ2) is 11.6. The number of nitrogens with two attached hydrogens (primary N) is 1. The van der Waals surface area contributed by atoms with Gasteiger partial charge in [-0.25, -0.2) is 4.98 Å². The number of hydrogen-bond acceptors (Lipinski definition) is 7. The number of ether oxygens (including phenoxy) is 1. The Morgan fingerprint density at radius 3 is 2.66 bits per heavy atom. The number of hydrogen-bond donors (Lipinski definition) is 2. The van der Waals surface area contributed by atoms with Gasteiger partial charge >= 0.3 is 0 Å². The molecule has 0 bridgehead atoms. The molecule has 9 heteroatoms. The molecule has 4 aromatic rings. The fourth-order valence-corrected chi connectivity index (χ4v) is 5.91. The van der Waals surface area contributed by atoms with Crippen molar-refractivity contribution in [1.29, 1.82) is 0 Å². The van der Waals surface area contributed by atoms with Crippen molar-refractivity contribution in [2.75, 3.05) is 32.0 Å². The van der Waals surface area contributed by atoms with Gasteiger partial charge in [0.05, 0.1) is 29.8 Å². The largest absolute Gasteiger partial charge is 0.493 e. The van der Waals surface area contributed by atoms with E-state index in [-0.39, 0.29) is 11.8 Å². The number of anilines is 1. The predicted molar refractivity (Wildman–Crippen MR) is 157 cm³/mol. The smallest absolute Gasteiger partial charge is 0.248 e. The van der Waals surface area contributed by atoms with Gasteiger partial charge in [-0.3, -0.25) is 9.78 Å². The van der Waals surface area contributed by atoms with E-state index in [1.54, 1.807) is 15.6 Å². The van der Waals surface area contributed by atoms with Gasteiger partial charge in [0.2, 0.25) is 5.91 Å². The number of nitrogen functional groups attached to an aromatic ring is 1. The quantitative estimate of drug-likeness (QED) is 0.365. The van der Waals surface area contributed by atoms with Crippen LogP contribution in [0.5, 0.6) is 5.75 Å². The van der Waals surface area contributed by atoms with Gasteiger partial charge in [0, 0.05) is 41.9 Å². The SMILES string of the molecule is C#Cc1c(C2CCN(C(=O)CO)CC2)nc2c(-c3ccc(-c4ccc5c(c4)OCCCCCC5)nc3)cnn2c1N. The molecule has 0 spiro atoms. The van der Waals surface area contributed by atoms with E-state index in [1.807, 2.05) is 18.3 Å². The lowest BCUT2D eigenvalue weighted by Crippen LogP contribution is -2.39. The molecule has 3 aromatic heterocycles. The molecule has 0 aliphatic carbocycles. The number of nitrogens with zero attached hydrogens (tertiary/aromatic N) is 5. The highest BCUT2D eigenvalue weighted by atomic mass is 16.5. The summed E-state index contributed by atoms with van der Waals surface area (Å²) in [5.74, 6) is 3.83. The first-order valence-electron chi connectivity index (χ1n) is 14.3. The van der Waals surface area contributed by atoms with Crippen LogP contribution in [0.25, 0.3) is 28.0 Å². The highest BCUT2D eigenvalue weighted by molar-refractivity contribution is 5.80. The van der Waals surface area contributed by atoms with Gasteiger partial charge in [-0.05, 0) is 49.8 Å². The number of piperidine rings is 1. The standard InChI is InChI=1S/C32H34N6O3/c1-2-25-30(22-12-14-37(15-13-22)29(40)20-39)36-32-26(19-35-38(32)31(25)33)24-10-11-27(34-18-24)23-9-8-21-7-5-3-4-6-16-41-28(21)17-23/h1,8-11,17-19,22,39H,3-7,12-16,20,33H2. The summed E-state index contributed by atoms with van der Waals surface area (Å²) in [6, 6.07) is 10.4. The van der Waals surface area contributed by atoms with Crippen LogP contribution in [0.2, 0.25) is 0 Å². The maximum absolute atomic E-state index is 11.9. The summed E-state index contributed by atoms with van der Waals surface area (Å²) in [7, 11) is 0. The number of benzene rings is 1. The number of aromatic nitrogens is 4. The third-order valence-electron chi connectivity index (χ3n) is 8.26. The minimum absolute atomic E-state index is 0.0448. The van der Waals surface area contributed by atoms with Crippen molar-refractivity contribution >= 4 is 17.4 Å². The molecule has 0 radical (unpaired) electrons. The van der Waals surface area contributed by atoms with E-state index in [1.165, 1.54) is 24.8 Å². The van der Waals surface area contributed by atoms with Crippen LogP contribution in [0.1, 0.15) is 61.3 Å². The molecule has 3 N–H and O–H groups in total. The second-order valence-corrected chi connectivity index (χ2v) is 10.8. The van der Waals surface area contributed by atoms with Crippen LogP contribution in [0.3, 0.4) is 0 Å². The molecule has 0 unspecified atom stereocenters. The van der Waals surface area contributed by atoms with Crippen molar-refractivity contribution in [3.05, 3.63) is 59.5 Å². The Labute approximate surface area is 239 Å². The zero-order valence-corrected chi connectivity index (χ0v) is 23.1. The zero-order valence-electron chi connectivity index (χ0n) is 23.1. The number of rotatable bonds is 4. The van der Waals surface area contributed by atoms with E-state index < -0.39 is 6.61 Å². The van der Waals surface area contributed by atoms with Gasteiger partial charge in [-0.15, -0.1) is 6.42 Å². The van der Waals surface area contributed by atoms with Crippen LogP contribution in [0.15, 0.2) is 42.7 Å². The monoisotopic (exact) mass is 550 g/mol. The number of likely N-dealkylation sites (tertiary alicyclic amines) is 1. The first-order chi connectivity index (χ1) is 20.1. The third kappa shape index (κ3) is 5.23. The molecule has 0 atom stereocenters.